The third-order valence-electron chi connectivity index (χ3n) is 3.33. The Labute approximate surface area is 94.7 Å². The normalized spacial score (nSPS) is 31.2. The predicted molar refractivity (Wildman–Crippen MR) is 55.7 cm³/mol. The molecule has 90 valence electrons. The molecule has 0 saturated carbocycles. The van der Waals surface area contributed by atoms with Crippen molar-refractivity contribution in [2.24, 2.45) is 0 Å². The zero-order valence-electron chi connectivity index (χ0n) is 9.48. The second-order valence-corrected chi connectivity index (χ2v) is 4.24. The summed E-state index contributed by atoms with van der Waals surface area (Å²) in [4.78, 5) is 25.1. The van der Waals surface area contributed by atoms with Gasteiger partial charge in [0.2, 0.25) is 0 Å². The molecular weight excluding hydrogens is 210 g/mol. The molecule has 0 aliphatic carbocycles. The highest BCUT2D eigenvalue weighted by Gasteiger charge is 2.40. The van der Waals surface area contributed by atoms with Gasteiger partial charge in [-0.3, -0.25) is 14.5 Å². The van der Waals surface area contributed by atoms with Crippen LogP contribution in [0.1, 0.15) is 25.7 Å². The van der Waals surface area contributed by atoms with E-state index in [4.69, 9.17) is 9.47 Å². The molecule has 16 heavy (non-hydrogen) atoms. The molecular formula is C11H17NO4. The van der Waals surface area contributed by atoms with Crippen molar-refractivity contribution in [3.05, 3.63) is 0 Å². The number of carbonyl (C=O) groups excluding carboxylic acids is 2. The molecule has 0 radical (unpaired) electrons. The number of ether oxygens (including phenoxy) is 2. The van der Waals surface area contributed by atoms with E-state index >= 15 is 0 Å². The number of piperidine rings is 1. The minimum Gasteiger partial charge on any atom is -0.468 e. The van der Waals surface area contributed by atoms with Gasteiger partial charge in [0.25, 0.3) is 0 Å². The molecule has 0 amide bonds. The number of nitrogens with zero attached hydrogens (tertiary/aromatic N) is 1. The van der Waals surface area contributed by atoms with Crippen molar-refractivity contribution in [2.75, 3.05) is 20.3 Å². The van der Waals surface area contributed by atoms with Crippen LogP contribution >= 0.6 is 0 Å². The van der Waals surface area contributed by atoms with Gasteiger partial charge >= 0.3 is 11.9 Å². The summed E-state index contributed by atoms with van der Waals surface area (Å²) in [6.45, 7) is 1.24. The van der Waals surface area contributed by atoms with Crippen molar-refractivity contribution in [1.82, 2.24) is 4.90 Å². The van der Waals surface area contributed by atoms with Crippen LogP contribution in [0.3, 0.4) is 0 Å². The molecule has 0 aromatic carbocycles. The standard InChI is InChI=1S/C11H17NO4/c1-15-10(13)8-4-2-3-6-12(8)9-5-7-16-11(9)14/h8-9H,2-7H2,1H3/t8-,9?/m1/s1. The highest BCUT2D eigenvalue weighted by atomic mass is 16.5. The first kappa shape index (κ1) is 11.4. The minimum absolute atomic E-state index is 0.198. The van der Waals surface area contributed by atoms with E-state index in [9.17, 15) is 9.59 Å². The smallest absolute Gasteiger partial charge is 0.323 e. The summed E-state index contributed by atoms with van der Waals surface area (Å²) in [5.41, 5.74) is 0. The van der Waals surface area contributed by atoms with Crippen LogP contribution in [0, 0.1) is 0 Å². The molecule has 0 spiro atoms. The predicted octanol–water partition coefficient (Wildman–Crippen LogP) is 0.329. The Bertz CT molecular complexity index is 292. The number of hydrogen-bond acceptors (Lipinski definition) is 5. The average Bonchev–Trinajstić information content (AvgIpc) is 2.74. The van der Waals surface area contributed by atoms with Gasteiger partial charge in [-0.15, -0.1) is 0 Å². The monoisotopic (exact) mass is 227 g/mol. The molecule has 0 N–H and O–H groups in total. The molecule has 2 heterocycles. The molecule has 2 saturated heterocycles. The Kier molecular flexibility index (Phi) is 3.43. The van der Waals surface area contributed by atoms with E-state index < -0.39 is 0 Å². The van der Waals surface area contributed by atoms with Crippen LogP contribution in [-0.2, 0) is 19.1 Å². The first-order valence-electron chi connectivity index (χ1n) is 5.74. The molecule has 2 rings (SSSR count). The number of methoxy groups -OCH3 is 1. The van der Waals surface area contributed by atoms with E-state index in [1.165, 1.54) is 7.11 Å². The van der Waals surface area contributed by atoms with Crippen LogP contribution in [-0.4, -0.2) is 49.2 Å². The maximum atomic E-state index is 11.6. The molecule has 2 fully saturated rings. The van der Waals surface area contributed by atoms with E-state index in [1.807, 2.05) is 4.90 Å². The van der Waals surface area contributed by atoms with Crippen LogP contribution in [0.25, 0.3) is 0 Å². The van der Waals surface area contributed by atoms with E-state index in [0.717, 1.165) is 25.8 Å². The van der Waals surface area contributed by atoms with Gasteiger partial charge in [-0.25, -0.2) is 0 Å². The van der Waals surface area contributed by atoms with E-state index in [1.54, 1.807) is 0 Å². The fraction of sp³-hybridized carbons (Fsp3) is 0.818. The molecule has 0 aromatic rings. The van der Waals surface area contributed by atoms with Crippen molar-refractivity contribution >= 4 is 11.9 Å². The fourth-order valence-corrected chi connectivity index (χ4v) is 2.50. The van der Waals surface area contributed by atoms with Crippen molar-refractivity contribution in [2.45, 2.75) is 37.8 Å². The molecule has 5 heteroatoms. The third kappa shape index (κ3) is 2.04. The summed E-state index contributed by atoms with van der Waals surface area (Å²) < 4.78 is 9.73. The van der Waals surface area contributed by atoms with Gasteiger partial charge < -0.3 is 9.47 Å². The van der Waals surface area contributed by atoms with Crippen LogP contribution in [0.15, 0.2) is 0 Å². The Morgan fingerprint density at radius 2 is 2.25 bits per heavy atom. The van der Waals surface area contributed by atoms with E-state index in [-0.39, 0.29) is 24.0 Å². The van der Waals surface area contributed by atoms with Gasteiger partial charge in [-0.1, -0.05) is 6.42 Å². The number of cyclic esters (lactones) is 1. The van der Waals surface area contributed by atoms with Crippen molar-refractivity contribution in [3.8, 4) is 0 Å². The van der Waals surface area contributed by atoms with E-state index in [2.05, 4.69) is 0 Å². The first-order valence-corrected chi connectivity index (χ1v) is 5.74. The SMILES string of the molecule is COC(=O)[C@H]1CCCCN1C1CCOC1=O. The van der Waals surface area contributed by atoms with Gasteiger partial charge in [0.15, 0.2) is 0 Å². The summed E-state index contributed by atoms with van der Waals surface area (Å²) in [5, 5.41) is 0. The lowest BCUT2D eigenvalue weighted by Crippen LogP contribution is -2.52. The number of likely N-dealkylation sites (tertiary alicyclic amines) is 1. The second-order valence-electron chi connectivity index (χ2n) is 4.24. The topological polar surface area (TPSA) is 55.8 Å². The average molecular weight is 227 g/mol. The molecule has 0 bridgehead atoms. The lowest BCUT2D eigenvalue weighted by atomic mass is 9.99. The summed E-state index contributed by atoms with van der Waals surface area (Å²) in [5.74, 6) is -0.435. The summed E-state index contributed by atoms with van der Waals surface area (Å²) in [6, 6.07) is -0.515. The van der Waals surface area contributed by atoms with Crippen LogP contribution in [0.2, 0.25) is 0 Å². The second kappa shape index (κ2) is 4.82. The minimum atomic E-state index is -0.269. The Morgan fingerprint density at radius 1 is 1.44 bits per heavy atom. The number of esters is 2. The fourth-order valence-electron chi connectivity index (χ4n) is 2.50. The molecule has 0 aromatic heterocycles. The largest absolute Gasteiger partial charge is 0.468 e. The van der Waals surface area contributed by atoms with Crippen LogP contribution < -0.4 is 0 Å². The highest BCUT2D eigenvalue weighted by molar-refractivity contribution is 5.80. The lowest BCUT2D eigenvalue weighted by molar-refractivity contribution is -0.152. The van der Waals surface area contributed by atoms with Crippen LogP contribution in [0.5, 0.6) is 0 Å². The van der Waals surface area contributed by atoms with Crippen molar-refractivity contribution in [3.63, 3.8) is 0 Å². The van der Waals surface area contributed by atoms with Gasteiger partial charge in [0.05, 0.1) is 13.7 Å². The molecule has 5 nitrogen and oxygen atoms in total. The van der Waals surface area contributed by atoms with Gasteiger partial charge in [-0.05, 0) is 19.4 Å². The van der Waals surface area contributed by atoms with E-state index in [0.29, 0.717) is 13.0 Å². The maximum Gasteiger partial charge on any atom is 0.323 e. The zero-order valence-corrected chi connectivity index (χ0v) is 9.48. The summed E-state index contributed by atoms with van der Waals surface area (Å²) in [7, 11) is 1.39. The number of rotatable bonds is 2. The number of hydrogen-bond donors (Lipinski definition) is 0. The zero-order chi connectivity index (χ0) is 11.5. The van der Waals surface area contributed by atoms with Crippen LogP contribution in [0.4, 0.5) is 0 Å². The summed E-state index contributed by atoms with van der Waals surface area (Å²) in [6.07, 6.45) is 3.50. The summed E-state index contributed by atoms with van der Waals surface area (Å²) >= 11 is 0. The lowest BCUT2D eigenvalue weighted by Gasteiger charge is -2.36. The quantitative estimate of drug-likeness (QED) is 0.636. The Morgan fingerprint density at radius 3 is 2.88 bits per heavy atom. The van der Waals surface area contributed by atoms with Gasteiger partial charge in [0.1, 0.15) is 12.1 Å². The molecule has 1 unspecified atom stereocenters. The van der Waals surface area contributed by atoms with Gasteiger partial charge in [-0.2, -0.15) is 0 Å². The Hall–Kier alpha value is -1.10. The Balaban J connectivity index is 2.09. The van der Waals surface area contributed by atoms with Crippen molar-refractivity contribution < 1.29 is 19.1 Å². The van der Waals surface area contributed by atoms with Gasteiger partial charge in [0, 0.05) is 6.42 Å². The third-order valence-corrected chi connectivity index (χ3v) is 3.33. The highest BCUT2D eigenvalue weighted by Crippen LogP contribution is 2.25. The first-order chi connectivity index (χ1) is 7.74. The van der Waals surface area contributed by atoms with Crippen molar-refractivity contribution in [1.29, 1.82) is 0 Å². The number of carbonyl (C=O) groups is 2. The molecule has 2 atom stereocenters. The molecule has 2 aliphatic heterocycles. The maximum absolute atomic E-state index is 11.6. The molecule has 2 aliphatic rings.